The number of hydrogen-bond acceptors (Lipinski definition) is 4. The number of hydrogen-bond donors (Lipinski definition) is 1. The lowest BCUT2D eigenvalue weighted by molar-refractivity contribution is -0.128. The number of methoxy groups -OCH3 is 1. The molecule has 2 fully saturated rings. The molecule has 5 heteroatoms. The van der Waals surface area contributed by atoms with Crippen LogP contribution in [0.5, 0.6) is 0 Å². The van der Waals surface area contributed by atoms with Crippen LogP contribution in [-0.4, -0.2) is 63.9 Å². The molecular weight excluding hydrogens is 244 g/mol. The van der Waals surface area contributed by atoms with Gasteiger partial charge >= 0.3 is 0 Å². The Bertz CT molecular complexity index is 290. The zero-order valence-corrected chi connectivity index (χ0v) is 12.0. The molecule has 0 aromatic carbocycles. The van der Waals surface area contributed by atoms with E-state index in [0.717, 1.165) is 51.9 Å². The first-order valence-corrected chi connectivity index (χ1v) is 7.31. The van der Waals surface area contributed by atoms with Crippen molar-refractivity contribution >= 4 is 5.91 Å². The Morgan fingerprint density at radius 2 is 2.05 bits per heavy atom. The summed E-state index contributed by atoms with van der Waals surface area (Å²) in [6, 6.07) is 0. The van der Waals surface area contributed by atoms with Gasteiger partial charge in [0.15, 0.2) is 0 Å². The Labute approximate surface area is 115 Å². The maximum atomic E-state index is 12.1. The summed E-state index contributed by atoms with van der Waals surface area (Å²) in [6.45, 7) is 5.88. The van der Waals surface area contributed by atoms with E-state index in [-0.39, 0.29) is 5.41 Å². The van der Waals surface area contributed by atoms with Gasteiger partial charge in [-0.1, -0.05) is 0 Å². The monoisotopic (exact) mass is 270 g/mol. The molecule has 0 bridgehead atoms. The van der Waals surface area contributed by atoms with Crippen LogP contribution in [0.3, 0.4) is 0 Å². The van der Waals surface area contributed by atoms with Crippen LogP contribution in [0.2, 0.25) is 0 Å². The molecule has 0 unspecified atom stereocenters. The third-order valence-electron chi connectivity index (χ3n) is 4.22. The van der Waals surface area contributed by atoms with Crippen molar-refractivity contribution in [2.75, 3.05) is 53.1 Å². The number of likely N-dealkylation sites (tertiary alicyclic amines) is 1. The maximum Gasteiger partial charge on any atom is 0.223 e. The fourth-order valence-electron chi connectivity index (χ4n) is 3.08. The highest BCUT2D eigenvalue weighted by molar-refractivity contribution is 5.79. The van der Waals surface area contributed by atoms with E-state index in [0.29, 0.717) is 25.7 Å². The highest BCUT2D eigenvalue weighted by atomic mass is 16.5. The van der Waals surface area contributed by atoms with Crippen LogP contribution in [0, 0.1) is 5.41 Å². The largest absolute Gasteiger partial charge is 0.382 e. The molecule has 2 aliphatic heterocycles. The fourth-order valence-corrected chi connectivity index (χ4v) is 3.08. The smallest absolute Gasteiger partial charge is 0.223 e. The number of rotatable bonds is 7. The van der Waals surface area contributed by atoms with Gasteiger partial charge < -0.3 is 19.7 Å². The van der Waals surface area contributed by atoms with E-state index in [1.165, 1.54) is 0 Å². The highest BCUT2D eigenvalue weighted by Gasteiger charge is 2.43. The molecule has 0 atom stereocenters. The van der Waals surface area contributed by atoms with Crippen molar-refractivity contribution in [1.82, 2.24) is 10.2 Å². The van der Waals surface area contributed by atoms with Gasteiger partial charge in [0.05, 0.1) is 13.2 Å². The van der Waals surface area contributed by atoms with E-state index in [1.807, 2.05) is 4.90 Å². The second-order valence-electron chi connectivity index (χ2n) is 5.70. The van der Waals surface area contributed by atoms with Crippen molar-refractivity contribution in [3.8, 4) is 0 Å². The molecule has 0 radical (unpaired) electrons. The molecule has 0 aliphatic carbocycles. The Balaban J connectivity index is 1.65. The van der Waals surface area contributed by atoms with E-state index < -0.39 is 0 Å². The zero-order valence-electron chi connectivity index (χ0n) is 12.0. The molecular formula is C14H26N2O3. The van der Waals surface area contributed by atoms with E-state index in [9.17, 15) is 4.79 Å². The normalized spacial score (nSPS) is 22.4. The van der Waals surface area contributed by atoms with E-state index in [1.54, 1.807) is 7.11 Å². The predicted molar refractivity (Wildman–Crippen MR) is 73.0 cm³/mol. The van der Waals surface area contributed by atoms with Crippen molar-refractivity contribution in [3.05, 3.63) is 0 Å². The molecule has 2 saturated heterocycles. The lowest BCUT2D eigenvalue weighted by Crippen LogP contribution is -2.38. The minimum absolute atomic E-state index is 0.263. The van der Waals surface area contributed by atoms with Crippen molar-refractivity contribution in [2.45, 2.75) is 25.7 Å². The predicted octanol–water partition coefficient (Wildman–Crippen LogP) is 0.642. The summed E-state index contributed by atoms with van der Waals surface area (Å²) in [6.07, 6.45) is 3.95. The van der Waals surface area contributed by atoms with Crippen molar-refractivity contribution in [1.29, 1.82) is 0 Å². The summed E-state index contributed by atoms with van der Waals surface area (Å²) in [5.41, 5.74) is 0.263. The van der Waals surface area contributed by atoms with E-state index in [2.05, 4.69) is 5.32 Å². The Kier molecular flexibility index (Phi) is 5.60. The van der Waals surface area contributed by atoms with Crippen molar-refractivity contribution in [3.63, 3.8) is 0 Å². The molecule has 2 aliphatic rings. The molecule has 2 rings (SSSR count). The average molecular weight is 270 g/mol. The van der Waals surface area contributed by atoms with Crippen LogP contribution < -0.4 is 5.32 Å². The van der Waals surface area contributed by atoms with Gasteiger partial charge in [0.1, 0.15) is 0 Å². The molecule has 1 N–H and O–H groups in total. The highest BCUT2D eigenvalue weighted by Crippen LogP contribution is 2.39. The molecule has 0 aromatic rings. The van der Waals surface area contributed by atoms with Gasteiger partial charge in [-0.25, -0.2) is 0 Å². The number of piperidine rings is 1. The SMILES string of the molecule is COCCOCCCN1CC2(CCNCC2)CC1=O. The summed E-state index contributed by atoms with van der Waals surface area (Å²) in [5.74, 6) is 0.332. The molecule has 110 valence electrons. The minimum atomic E-state index is 0.263. The molecule has 1 amide bonds. The van der Waals surface area contributed by atoms with Crippen LogP contribution >= 0.6 is 0 Å². The number of nitrogens with one attached hydrogen (secondary N) is 1. The van der Waals surface area contributed by atoms with Crippen LogP contribution in [0.15, 0.2) is 0 Å². The minimum Gasteiger partial charge on any atom is -0.382 e. The van der Waals surface area contributed by atoms with Crippen LogP contribution in [0.1, 0.15) is 25.7 Å². The van der Waals surface area contributed by atoms with Gasteiger partial charge in [-0.2, -0.15) is 0 Å². The van der Waals surface area contributed by atoms with Gasteiger partial charge in [-0.3, -0.25) is 4.79 Å². The Morgan fingerprint density at radius 1 is 1.26 bits per heavy atom. The van der Waals surface area contributed by atoms with Crippen LogP contribution in [-0.2, 0) is 14.3 Å². The standard InChI is InChI=1S/C14H26N2O3/c1-18-9-10-19-8-2-7-16-12-14(11-13(16)17)3-5-15-6-4-14/h15H,2-12H2,1H3. The first kappa shape index (κ1) is 14.8. The van der Waals surface area contributed by atoms with Gasteiger partial charge in [0.25, 0.3) is 0 Å². The summed E-state index contributed by atoms with van der Waals surface area (Å²) in [7, 11) is 1.67. The average Bonchev–Trinajstić information content (AvgIpc) is 2.70. The zero-order chi connectivity index (χ0) is 13.6. The fraction of sp³-hybridized carbons (Fsp3) is 0.929. The molecule has 1 spiro atoms. The van der Waals surface area contributed by atoms with E-state index in [4.69, 9.17) is 9.47 Å². The van der Waals surface area contributed by atoms with Crippen molar-refractivity contribution in [2.24, 2.45) is 5.41 Å². The summed E-state index contributed by atoms with van der Waals surface area (Å²) in [4.78, 5) is 14.1. The third-order valence-corrected chi connectivity index (χ3v) is 4.22. The number of nitrogens with zero attached hydrogens (tertiary/aromatic N) is 1. The first-order valence-electron chi connectivity index (χ1n) is 7.31. The summed E-state index contributed by atoms with van der Waals surface area (Å²) in [5, 5.41) is 3.38. The Hall–Kier alpha value is -0.650. The molecule has 19 heavy (non-hydrogen) atoms. The first-order chi connectivity index (χ1) is 9.26. The van der Waals surface area contributed by atoms with Crippen LogP contribution in [0.25, 0.3) is 0 Å². The van der Waals surface area contributed by atoms with Crippen LogP contribution in [0.4, 0.5) is 0 Å². The molecule has 2 heterocycles. The number of amides is 1. The quantitative estimate of drug-likeness (QED) is 0.690. The Morgan fingerprint density at radius 3 is 2.79 bits per heavy atom. The van der Waals surface area contributed by atoms with Crippen molar-refractivity contribution < 1.29 is 14.3 Å². The summed E-state index contributed by atoms with van der Waals surface area (Å²) >= 11 is 0. The van der Waals surface area contributed by atoms with Gasteiger partial charge in [0.2, 0.25) is 5.91 Å². The van der Waals surface area contributed by atoms with Gasteiger partial charge in [-0.15, -0.1) is 0 Å². The molecule has 0 aromatic heterocycles. The second kappa shape index (κ2) is 7.22. The topological polar surface area (TPSA) is 50.8 Å². The van der Waals surface area contributed by atoms with Gasteiger partial charge in [-0.05, 0) is 37.8 Å². The van der Waals surface area contributed by atoms with E-state index >= 15 is 0 Å². The van der Waals surface area contributed by atoms with Gasteiger partial charge in [0, 0.05) is 33.2 Å². The third kappa shape index (κ3) is 4.16. The summed E-state index contributed by atoms with van der Waals surface area (Å²) < 4.78 is 10.4. The maximum absolute atomic E-state index is 12.1. The molecule has 5 nitrogen and oxygen atoms in total. The lowest BCUT2D eigenvalue weighted by Gasteiger charge is -2.33. The number of carbonyl (C=O) groups is 1. The molecule has 0 saturated carbocycles. The number of ether oxygens (including phenoxy) is 2. The lowest BCUT2D eigenvalue weighted by atomic mass is 9.78. The second-order valence-corrected chi connectivity index (χ2v) is 5.70. The number of carbonyl (C=O) groups excluding carboxylic acids is 1.